The Morgan fingerprint density at radius 2 is 2.25 bits per heavy atom. The Hall–Kier alpha value is -2.34. The number of para-hydroxylation sites is 2. The molecule has 2 N–H and O–H groups in total. The van der Waals surface area contributed by atoms with Gasteiger partial charge in [-0.3, -0.25) is 4.79 Å². The molecule has 102 valence electrons. The Morgan fingerprint density at radius 1 is 1.40 bits per heavy atom. The van der Waals surface area contributed by atoms with Gasteiger partial charge < -0.3 is 15.0 Å². The summed E-state index contributed by atoms with van der Waals surface area (Å²) in [5.41, 5.74) is 2.41. The van der Waals surface area contributed by atoms with Crippen molar-refractivity contribution in [3.05, 3.63) is 46.4 Å². The lowest BCUT2D eigenvalue weighted by Crippen LogP contribution is -2.23. The van der Waals surface area contributed by atoms with E-state index in [1.54, 1.807) is 17.9 Å². The molecule has 0 aliphatic rings. The SMILES string of the molecule is COc1cscc1C(=O)NCc1nc2ccccc2[nH]1. The summed E-state index contributed by atoms with van der Waals surface area (Å²) in [5, 5.41) is 6.40. The molecule has 20 heavy (non-hydrogen) atoms. The van der Waals surface area contributed by atoms with Gasteiger partial charge in [-0.2, -0.15) is 0 Å². The van der Waals surface area contributed by atoms with Crippen molar-refractivity contribution in [3.8, 4) is 5.75 Å². The Bertz CT molecular complexity index is 715. The number of aromatic nitrogens is 2. The molecular formula is C14H13N3O2S. The molecule has 2 heterocycles. The van der Waals surface area contributed by atoms with Crippen LogP contribution in [0.4, 0.5) is 0 Å². The first-order valence-electron chi connectivity index (χ1n) is 6.10. The molecule has 0 saturated heterocycles. The number of fused-ring (bicyclic) bond motifs is 1. The molecule has 3 aromatic rings. The van der Waals surface area contributed by atoms with Gasteiger partial charge in [-0.05, 0) is 12.1 Å². The fourth-order valence-electron chi connectivity index (χ4n) is 1.96. The van der Waals surface area contributed by atoms with Gasteiger partial charge in [-0.25, -0.2) is 4.98 Å². The van der Waals surface area contributed by atoms with E-state index in [-0.39, 0.29) is 5.91 Å². The van der Waals surface area contributed by atoms with Crippen LogP contribution >= 0.6 is 11.3 Å². The number of hydrogen-bond acceptors (Lipinski definition) is 4. The molecule has 0 aliphatic heterocycles. The van der Waals surface area contributed by atoms with Gasteiger partial charge in [0, 0.05) is 10.8 Å². The normalized spacial score (nSPS) is 10.7. The summed E-state index contributed by atoms with van der Waals surface area (Å²) in [6, 6.07) is 7.76. The molecule has 1 aromatic carbocycles. The van der Waals surface area contributed by atoms with Crippen molar-refractivity contribution in [2.45, 2.75) is 6.54 Å². The van der Waals surface area contributed by atoms with Crippen molar-refractivity contribution in [2.75, 3.05) is 7.11 Å². The number of H-pyrrole nitrogens is 1. The Labute approximate surface area is 119 Å². The Morgan fingerprint density at radius 3 is 3.05 bits per heavy atom. The molecule has 5 nitrogen and oxygen atoms in total. The van der Waals surface area contributed by atoms with Crippen molar-refractivity contribution in [2.24, 2.45) is 0 Å². The van der Waals surface area contributed by atoms with Gasteiger partial charge >= 0.3 is 0 Å². The number of nitrogens with zero attached hydrogens (tertiary/aromatic N) is 1. The Kier molecular flexibility index (Phi) is 3.39. The maximum Gasteiger partial charge on any atom is 0.256 e. The van der Waals surface area contributed by atoms with Crippen LogP contribution < -0.4 is 10.1 Å². The van der Waals surface area contributed by atoms with Crippen molar-refractivity contribution in [1.29, 1.82) is 0 Å². The standard InChI is InChI=1S/C14H13N3O2S/c1-19-12-8-20-7-9(12)14(18)15-6-13-16-10-4-2-3-5-11(10)17-13/h2-5,7-8H,6H2,1H3,(H,15,18)(H,16,17). The lowest BCUT2D eigenvalue weighted by atomic mass is 10.3. The van der Waals surface area contributed by atoms with Crippen LogP contribution in [0.2, 0.25) is 0 Å². The summed E-state index contributed by atoms with van der Waals surface area (Å²) >= 11 is 1.44. The fraction of sp³-hybridized carbons (Fsp3) is 0.143. The van der Waals surface area contributed by atoms with E-state index in [4.69, 9.17) is 4.74 Å². The molecule has 0 fully saturated rings. The maximum absolute atomic E-state index is 12.0. The molecule has 1 amide bonds. The van der Waals surface area contributed by atoms with Crippen LogP contribution in [0.1, 0.15) is 16.2 Å². The van der Waals surface area contributed by atoms with E-state index in [0.717, 1.165) is 16.9 Å². The number of imidazole rings is 1. The van der Waals surface area contributed by atoms with Crippen LogP contribution in [0, 0.1) is 0 Å². The first-order valence-corrected chi connectivity index (χ1v) is 7.04. The predicted molar refractivity (Wildman–Crippen MR) is 78.1 cm³/mol. The van der Waals surface area contributed by atoms with E-state index in [9.17, 15) is 4.79 Å². The van der Waals surface area contributed by atoms with Gasteiger partial charge in [0.1, 0.15) is 11.6 Å². The minimum atomic E-state index is -0.163. The van der Waals surface area contributed by atoms with Crippen molar-refractivity contribution in [1.82, 2.24) is 15.3 Å². The van der Waals surface area contributed by atoms with E-state index in [1.165, 1.54) is 11.3 Å². The molecule has 0 bridgehead atoms. The highest BCUT2D eigenvalue weighted by Crippen LogP contribution is 2.22. The van der Waals surface area contributed by atoms with Crippen LogP contribution in [0.3, 0.4) is 0 Å². The largest absolute Gasteiger partial charge is 0.495 e. The first kappa shape index (κ1) is 12.7. The average molecular weight is 287 g/mol. The third-order valence-corrected chi connectivity index (χ3v) is 3.67. The number of nitrogens with one attached hydrogen (secondary N) is 2. The molecular weight excluding hydrogens is 274 g/mol. The number of thiophene rings is 1. The zero-order valence-corrected chi connectivity index (χ0v) is 11.7. The van der Waals surface area contributed by atoms with Crippen LogP contribution in [0.25, 0.3) is 11.0 Å². The molecule has 3 rings (SSSR count). The van der Waals surface area contributed by atoms with E-state index in [1.807, 2.05) is 24.3 Å². The van der Waals surface area contributed by atoms with Crippen molar-refractivity contribution in [3.63, 3.8) is 0 Å². The molecule has 0 spiro atoms. The number of aromatic amines is 1. The summed E-state index contributed by atoms with van der Waals surface area (Å²) in [5.74, 6) is 1.16. The van der Waals surface area contributed by atoms with Crippen molar-refractivity contribution < 1.29 is 9.53 Å². The molecule has 0 saturated carbocycles. The summed E-state index contributed by atoms with van der Waals surface area (Å²) < 4.78 is 5.13. The number of ether oxygens (including phenoxy) is 1. The zero-order chi connectivity index (χ0) is 13.9. The quantitative estimate of drug-likeness (QED) is 0.775. The Balaban J connectivity index is 1.71. The molecule has 6 heteroatoms. The summed E-state index contributed by atoms with van der Waals surface area (Å²) in [7, 11) is 1.55. The number of carbonyl (C=O) groups excluding carboxylic acids is 1. The third-order valence-electron chi connectivity index (χ3n) is 2.95. The highest BCUT2D eigenvalue weighted by atomic mass is 32.1. The highest BCUT2D eigenvalue weighted by molar-refractivity contribution is 7.08. The van der Waals surface area contributed by atoms with Gasteiger partial charge in [-0.15, -0.1) is 11.3 Å². The van der Waals surface area contributed by atoms with Crippen LogP contribution in [-0.4, -0.2) is 23.0 Å². The van der Waals surface area contributed by atoms with Crippen LogP contribution in [0.15, 0.2) is 35.0 Å². The molecule has 0 aliphatic carbocycles. The maximum atomic E-state index is 12.0. The lowest BCUT2D eigenvalue weighted by Gasteiger charge is -2.03. The zero-order valence-electron chi connectivity index (χ0n) is 10.8. The highest BCUT2D eigenvalue weighted by Gasteiger charge is 2.13. The second-order valence-corrected chi connectivity index (χ2v) is 4.98. The van der Waals surface area contributed by atoms with Gasteiger partial charge in [0.25, 0.3) is 5.91 Å². The minimum absolute atomic E-state index is 0.163. The van der Waals surface area contributed by atoms with Gasteiger partial charge in [0.05, 0.1) is 30.3 Å². The topological polar surface area (TPSA) is 67.0 Å². The monoisotopic (exact) mass is 287 g/mol. The van der Waals surface area contributed by atoms with Crippen LogP contribution in [-0.2, 0) is 6.54 Å². The van der Waals surface area contributed by atoms with Gasteiger partial charge in [0.2, 0.25) is 0 Å². The lowest BCUT2D eigenvalue weighted by molar-refractivity contribution is 0.0947. The van der Waals surface area contributed by atoms with E-state index in [0.29, 0.717) is 17.9 Å². The minimum Gasteiger partial charge on any atom is -0.495 e. The van der Waals surface area contributed by atoms with Gasteiger partial charge in [-0.1, -0.05) is 12.1 Å². The second-order valence-electron chi connectivity index (χ2n) is 4.24. The number of hydrogen-bond donors (Lipinski definition) is 2. The van der Waals surface area contributed by atoms with E-state index in [2.05, 4.69) is 15.3 Å². The van der Waals surface area contributed by atoms with Crippen molar-refractivity contribution >= 4 is 28.3 Å². The fourth-order valence-corrected chi connectivity index (χ4v) is 2.73. The molecule has 0 atom stereocenters. The van der Waals surface area contributed by atoms with Crippen LogP contribution in [0.5, 0.6) is 5.75 Å². The predicted octanol–water partition coefficient (Wildman–Crippen LogP) is 2.56. The average Bonchev–Trinajstić information content (AvgIpc) is 3.10. The van der Waals surface area contributed by atoms with E-state index < -0.39 is 0 Å². The summed E-state index contributed by atoms with van der Waals surface area (Å²) in [4.78, 5) is 19.6. The number of amides is 1. The second kappa shape index (κ2) is 5.34. The molecule has 0 unspecified atom stereocenters. The molecule has 0 radical (unpaired) electrons. The van der Waals surface area contributed by atoms with E-state index >= 15 is 0 Å². The van der Waals surface area contributed by atoms with Gasteiger partial charge in [0.15, 0.2) is 0 Å². The number of methoxy groups -OCH3 is 1. The molecule has 2 aromatic heterocycles. The smallest absolute Gasteiger partial charge is 0.256 e. The summed E-state index contributed by atoms with van der Waals surface area (Å²) in [6.07, 6.45) is 0. The first-order chi connectivity index (χ1) is 9.78. The summed E-state index contributed by atoms with van der Waals surface area (Å²) in [6.45, 7) is 0.354. The number of benzene rings is 1. The number of rotatable bonds is 4. The third kappa shape index (κ3) is 2.37. The number of carbonyl (C=O) groups is 1.